The van der Waals surface area contributed by atoms with Crippen LogP contribution in [0.4, 0.5) is 13.2 Å². The largest absolute Gasteiger partial charge is 0.494 e. The summed E-state index contributed by atoms with van der Waals surface area (Å²) in [6.07, 6.45) is 1.87. The summed E-state index contributed by atoms with van der Waals surface area (Å²) in [7, 11) is 5.02. The van der Waals surface area contributed by atoms with Crippen molar-refractivity contribution in [2.24, 2.45) is 0 Å². The number of hydrogen-bond acceptors (Lipinski definition) is 7. The molecule has 0 fully saturated rings. The molecule has 0 radical (unpaired) electrons. The van der Waals surface area contributed by atoms with Crippen LogP contribution in [0.5, 0.6) is 5.88 Å². The highest BCUT2D eigenvalue weighted by Gasteiger charge is 2.39. The zero-order chi connectivity index (χ0) is 27.6. The second-order valence-electron chi connectivity index (χ2n) is 8.44. The van der Waals surface area contributed by atoms with Crippen LogP contribution >= 0.6 is 0 Å². The molecule has 1 N–H and O–H groups in total. The lowest BCUT2D eigenvalue weighted by Crippen LogP contribution is -2.23. The molecule has 1 aromatic carbocycles. The summed E-state index contributed by atoms with van der Waals surface area (Å²) < 4.78 is 59.8. The smallest absolute Gasteiger partial charge is 0.433 e. The zero-order valence-corrected chi connectivity index (χ0v) is 21.0. The van der Waals surface area contributed by atoms with Crippen LogP contribution in [-0.2, 0) is 10.9 Å². The van der Waals surface area contributed by atoms with Gasteiger partial charge in [0.1, 0.15) is 23.8 Å². The van der Waals surface area contributed by atoms with Crippen molar-refractivity contribution >= 4 is 11.4 Å². The number of nitrogens with one attached hydrogen (secondary N) is 1. The van der Waals surface area contributed by atoms with E-state index in [0.29, 0.717) is 11.1 Å². The monoisotopic (exact) mass is 527 g/mol. The number of oxazole rings is 1. The topological polar surface area (TPSA) is 97.9 Å². The maximum atomic E-state index is 14.1. The Balaban J connectivity index is 2.03. The van der Waals surface area contributed by atoms with Crippen molar-refractivity contribution in [1.82, 2.24) is 24.5 Å². The van der Waals surface area contributed by atoms with Crippen LogP contribution in [0.3, 0.4) is 0 Å². The Bertz CT molecular complexity index is 1590. The number of halogens is 3. The van der Waals surface area contributed by atoms with Gasteiger partial charge in [0.05, 0.1) is 12.7 Å². The van der Waals surface area contributed by atoms with Crippen molar-refractivity contribution in [3.8, 4) is 40.8 Å². The molecule has 0 unspecified atom stereocenters. The van der Waals surface area contributed by atoms with Crippen molar-refractivity contribution in [3.05, 3.63) is 63.9 Å². The standard InChI is InChI=1S/C26H24F3N5O4/c1-6-10-17(36-5)20-15(2)38-24(30-20)19-23(37-14-13-33(3)4)31-22-18(16-11-8-7-9-12-16)21(26(27,28)29)32-34(22)25(19)35/h1,7-12,32H,13-14H2,2-5H3/b17-10+. The Morgan fingerprint density at radius 2 is 1.95 bits per heavy atom. The van der Waals surface area contributed by atoms with Gasteiger partial charge in [-0.25, -0.2) is 4.98 Å². The normalized spacial score (nSPS) is 12.2. The van der Waals surface area contributed by atoms with E-state index in [1.807, 2.05) is 19.0 Å². The van der Waals surface area contributed by atoms with Gasteiger partial charge in [0, 0.05) is 12.6 Å². The molecule has 0 amide bonds. The quantitative estimate of drug-likeness (QED) is 0.271. The molecule has 4 aromatic rings. The average Bonchev–Trinajstić information content (AvgIpc) is 3.44. The molecule has 0 aliphatic heterocycles. The number of rotatable bonds is 8. The number of hydrogen-bond donors (Lipinski definition) is 1. The number of aromatic amines is 1. The van der Waals surface area contributed by atoms with Gasteiger partial charge in [-0.2, -0.15) is 22.7 Å². The first-order valence-corrected chi connectivity index (χ1v) is 11.3. The third kappa shape index (κ3) is 5.01. The molecule has 0 spiro atoms. The van der Waals surface area contributed by atoms with Gasteiger partial charge in [0.2, 0.25) is 11.8 Å². The molecular weight excluding hydrogens is 503 g/mol. The third-order valence-corrected chi connectivity index (χ3v) is 5.55. The minimum atomic E-state index is -4.81. The molecule has 3 aromatic heterocycles. The highest BCUT2D eigenvalue weighted by molar-refractivity contribution is 5.82. The Morgan fingerprint density at radius 1 is 1.24 bits per heavy atom. The van der Waals surface area contributed by atoms with Gasteiger partial charge in [-0.15, -0.1) is 6.42 Å². The van der Waals surface area contributed by atoms with Crippen LogP contribution in [0.2, 0.25) is 0 Å². The van der Waals surface area contributed by atoms with E-state index in [1.165, 1.54) is 25.3 Å². The van der Waals surface area contributed by atoms with E-state index in [-0.39, 0.29) is 57.9 Å². The average molecular weight is 528 g/mol. The first-order valence-electron chi connectivity index (χ1n) is 11.3. The number of methoxy groups -OCH3 is 1. The SMILES string of the molecule is C#C/C=C(/OC)c1nc(-c2c(OCCN(C)C)nc3c(-c4ccccc4)c(C(F)(F)F)[nH]n3c2=O)oc1C. The van der Waals surface area contributed by atoms with Crippen LogP contribution in [0.15, 0.2) is 45.6 Å². The van der Waals surface area contributed by atoms with E-state index < -0.39 is 17.4 Å². The maximum absolute atomic E-state index is 14.1. The first kappa shape index (κ1) is 26.6. The lowest BCUT2D eigenvalue weighted by Gasteiger charge is -2.12. The van der Waals surface area contributed by atoms with Gasteiger partial charge in [0.15, 0.2) is 17.0 Å². The number of ether oxygens (including phenoxy) is 2. The summed E-state index contributed by atoms with van der Waals surface area (Å²) in [4.78, 5) is 24.3. The molecule has 0 saturated heterocycles. The number of nitrogens with zero attached hydrogens (tertiary/aromatic N) is 4. The van der Waals surface area contributed by atoms with Crippen molar-refractivity contribution < 1.29 is 27.1 Å². The lowest BCUT2D eigenvalue weighted by atomic mass is 10.1. The number of H-pyrrole nitrogens is 1. The number of fused-ring (bicyclic) bond motifs is 1. The fourth-order valence-corrected chi connectivity index (χ4v) is 3.78. The Kier molecular flexibility index (Phi) is 7.32. The molecule has 0 saturated carbocycles. The van der Waals surface area contributed by atoms with Gasteiger partial charge in [-0.05, 0) is 26.6 Å². The highest BCUT2D eigenvalue weighted by atomic mass is 19.4. The van der Waals surface area contributed by atoms with E-state index in [4.69, 9.17) is 20.3 Å². The zero-order valence-electron chi connectivity index (χ0n) is 21.0. The summed E-state index contributed by atoms with van der Waals surface area (Å²) in [5.74, 6) is 2.36. The first-order chi connectivity index (χ1) is 18.1. The molecule has 198 valence electrons. The number of allylic oxidation sites excluding steroid dienone is 1. The Labute approximate surface area is 215 Å². The molecule has 0 aliphatic carbocycles. The Morgan fingerprint density at radius 3 is 2.55 bits per heavy atom. The second kappa shape index (κ2) is 10.5. The van der Waals surface area contributed by atoms with E-state index >= 15 is 0 Å². The van der Waals surface area contributed by atoms with Gasteiger partial charge < -0.3 is 18.8 Å². The molecule has 0 bridgehead atoms. The van der Waals surface area contributed by atoms with Gasteiger partial charge in [0.25, 0.3) is 5.56 Å². The van der Waals surface area contributed by atoms with E-state index in [9.17, 15) is 18.0 Å². The minimum absolute atomic E-state index is 0.0900. The predicted octanol–water partition coefficient (Wildman–Crippen LogP) is 4.23. The maximum Gasteiger partial charge on any atom is 0.433 e. The highest BCUT2D eigenvalue weighted by Crippen LogP contribution is 2.39. The van der Waals surface area contributed by atoms with Crippen molar-refractivity contribution in [2.45, 2.75) is 13.1 Å². The fraction of sp³-hybridized carbons (Fsp3) is 0.269. The second-order valence-corrected chi connectivity index (χ2v) is 8.44. The Hall–Kier alpha value is -4.50. The molecule has 12 heteroatoms. The molecule has 3 heterocycles. The molecule has 0 atom stereocenters. The van der Waals surface area contributed by atoms with Crippen LogP contribution in [0, 0.1) is 19.3 Å². The number of alkyl halides is 3. The van der Waals surface area contributed by atoms with Gasteiger partial charge in [-0.3, -0.25) is 9.89 Å². The lowest BCUT2D eigenvalue weighted by molar-refractivity contribution is -0.140. The number of aryl methyl sites for hydroxylation is 1. The van der Waals surface area contributed by atoms with Crippen molar-refractivity contribution in [1.29, 1.82) is 0 Å². The van der Waals surface area contributed by atoms with Gasteiger partial charge >= 0.3 is 6.18 Å². The van der Waals surface area contributed by atoms with Crippen molar-refractivity contribution in [3.63, 3.8) is 0 Å². The molecule has 38 heavy (non-hydrogen) atoms. The van der Waals surface area contributed by atoms with Crippen LogP contribution in [0.25, 0.3) is 34.0 Å². The summed E-state index contributed by atoms with van der Waals surface area (Å²) in [5, 5.41) is 2.18. The molecule has 4 rings (SSSR count). The van der Waals surface area contributed by atoms with Crippen LogP contribution in [0.1, 0.15) is 17.1 Å². The number of aromatic nitrogens is 4. The number of benzene rings is 1. The fourth-order valence-electron chi connectivity index (χ4n) is 3.78. The van der Waals surface area contributed by atoms with E-state index in [1.54, 1.807) is 25.1 Å². The summed E-state index contributed by atoms with van der Waals surface area (Å²) in [6, 6.07) is 7.85. The van der Waals surface area contributed by atoms with Crippen LogP contribution < -0.4 is 10.3 Å². The van der Waals surface area contributed by atoms with Crippen molar-refractivity contribution in [2.75, 3.05) is 34.4 Å². The molecular formula is C26H24F3N5O4. The summed E-state index contributed by atoms with van der Waals surface area (Å²) >= 11 is 0. The van der Waals surface area contributed by atoms with Gasteiger partial charge in [-0.1, -0.05) is 36.3 Å². The van der Waals surface area contributed by atoms with E-state index in [2.05, 4.69) is 21.0 Å². The number of likely N-dealkylation sites (N-methyl/N-ethyl adjacent to an activating group) is 1. The summed E-state index contributed by atoms with van der Waals surface area (Å²) in [6.45, 7) is 2.11. The third-order valence-electron chi connectivity index (χ3n) is 5.55. The van der Waals surface area contributed by atoms with Crippen LogP contribution in [-0.4, -0.2) is 58.8 Å². The molecule has 9 nitrogen and oxygen atoms in total. The summed E-state index contributed by atoms with van der Waals surface area (Å²) in [5.41, 5.74) is -2.40. The minimum Gasteiger partial charge on any atom is -0.494 e. The predicted molar refractivity (Wildman–Crippen MR) is 134 cm³/mol. The molecule has 0 aliphatic rings. The van der Waals surface area contributed by atoms with E-state index in [0.717, 1.165) is 0 Å². The number of terminal acetylenes is 1.